The van der Waals surface area contributed by atoms with Crippen molar-refractivity contribution in [2.75, 3.05) is 5.73 Å². The summed E-state index contributed by atoms with van der Waals surface area (Å²) in [5, 5.41) is 4.32. The van der Waals surface area contributed by atoms with Crippen molar-refractivity contribution in [3.05, 3.63) is 42.0 Å². The van der Waals surface area contributed by atoms with E-state index in [1.165, 1.54) is 12.1 Å². The Labute approximate surface area is 109 Å². The lowest BCUT2D eigenvalue weighted by atomic mass is 10.3. The minimum absolute atomic E-state index is 0.304. The molecule has 0 amide bonds. The third kappa shape index (κ3) is 2.16. The van der Waals surface area contributed by atoms with Crippen LogP contribution in [0, 0.1) is 5.82 Å². The number of benzene rings is 1. The summed E-state index contributed by atoms with van der Waals surface area (Å²) < 4.78 is 16.8. The van der Waals surface area contributed by atoms with Gasteiger partial charge in [0, 0.05) is 32.3 Å². The highest BCUT2D eigenvalue weighted by Crippen LogP contribution is 2.19. The van der Waals surface area contributed by atoms with E-state index < -0.39 is 0 Å². The Bertz CT molecular complexity index is 728. The van der Waals surface area contributed by atoms with Gasteiger partial charge in [-0.3, -0.25) is 4.68 Å². The zero-order chi connectivity index (χ0) is 13.4. The van der Waals surface area contributed by atoms with E-state index >= 15 is 0 Å². The van der Waals surface area contributed by atoms with Crippen LogP contribution in [0.15, 0.2) is 30.5 Å². The zero-order valence-corrected chi connectivity index (χ0v) is 10.5. The van der Waals surface area contributed by atoms with Crippen LogP contribution in [0.1, 0.15) is 5.69 Å². The minimum atomic E-state index is -0.304. The van der Waals surface area contributed by atoms with Gasteiger partial charge in [-0.05, 0) is 18.2 Å². The molecule has 0 aliphatic carbocycles. The van der Waals surface area contributed by atoms with Crippen molar-refractivity contribution < 1.29 is 4.39 Å². The van der Waals surface area contributed by atoms with E-state index in [1.54, 1.807) is 10.7 Å². The van der Waals surface area contributed by atoms with E-state index in [9.17, 15) is 4.39 Å². The van der Waals surface area contributed by atoms with Crippen LogP contribution in [0.5, 0.6) is 0 Å². The zero-order valence-electron chi connectivity index (χ0n) is 10.5. The lowest BCUT2D eigenvalue weighted by molar-refractivity contribution is 0.629. The SMILES string of the molecule is Cn1ccc(CCn2c(N)nc3cc(F)ccc32)n1. The Morgan fingerprint density at radius 1 is 1.32 bits per heavy atom. The lowest BCUT2D eigenvalue weighted by Gasteiger charge is -2.04. The molecule has 2 N–H and O–H groups in total. The van der Waals surface area contributed by atoms with Gasteiger partial charge in [0.15, 0.2) is 0 Å². The molecular weight excluding hydrogens is 245 g/mol. The van der Waals surface area contributed by atoms with Crippen molar-refractivity contribution in [2.24, 2.45) is 7.05 Å². The van der Waals surface area contributed by atoms with Crippen LogP contribution in [0.2, 0.25) is 0 Å². The number of rotatable bonds is 3. The number of nitrogens with zero attached hydrogens (tertiary/aromatic N) is 4. The molecule has 0 atom stereocenters. The molecule has 0 spiro atoms. The number of halogens is 1. The molecule has 0 aliphatic rings. The lowest BCUT2D eigenvalue weighted by Crippen LogP contribution is -2.06. The van der Waals surface area contributed by atoms with Crippen molar-refractivity contribution in [1.82, 2.24) is 19.3 Å². The summed E-state index contributed by atoms with van der Waals surface area (Å²) in [6.45, 7) is 0.672. The summed E-state index contributed by atoms with van der Waals surface area (Å²) in [5.41, 5.74) is 8.29. The highest BCUT2D eigenvalue weighted by atomic mass is 19.1. The summed E-state index contributed by atoms with van der Waals surface area (Å²) in [6.07, 6.45) is 2.66. The smallest absolute Gasteiger partial charge is 0.201 e. The first-order chi connectivity index (χ1) is 9.13. The van der Waals surface area contributed by atoms with E-state index in [2.05, 4.69) is 10.1 Å². The Morgan fingerprint density at radius 3 is 2.89 bits per heavy atom. The van der Waals surface area contributed by atoms with Gasteiger partial charge in [-0.2, -0.15) is 5.10 Å². The van der Waals surface area contributed by atoms with Crippen molar-refractivity contribution in [1.29, 1.82) is 0 Å². The molecule has 0 fully saturated rings. The number of aryl methyl sites for hydroxylation is 3. The van der Waals surface area contributed by atoms with E-state index in [-0.39, 0.29) is 5.82 Å². The van der Waals surface area contributed by atoms with Gasteiger partial charge < -0.3 is 10.3 Å². The van der Waals surface area contributed by atoms with Crippen LogP contribution in [0.4, 0.5) is 10.3 Å². The van der Waals surface area contributed by atoms with Crippen LogP contribution >= 0.6 is 0 Å². The summed E-state index contributed by atoms with van der Waals surface area (Å²) in [5.74, 6) is 0.0957. The van der Waals surface area contributed by atoms with E-state index in [4.69, 9.17) is 5.73 Å². The predicted molar refractivity (Wildman–Crippen MR) is 71.0 cm³/mol. The first kappa shape index (κ1) is 11.7. The van der Waals surface area contributed by atoms with Crippen LogP contribution in [-0.2, 0) is 20.0 Å². The molecule has 0 bridgehead atoms. The summed E-state index contributed by atoms with van der Waals surface area (Å²) in [4.78, 5) is 4.17. The molecule has 0 saturated carbocycles. The monoisotopic (exact) mass is 259 g/mol. The average Bonchev–Trinajstić information content (AvgIpc) is 2.89. The molecule has 98 valence electrons. The standard InChI is InChI=1S/C13H14FN5/c1-18-6-4-10(17-18)5-7-19-12-3-2-9(14)8-11(12)16-13(19)15/h2-4,6,8H,5,7H2,1H3,(H2,15,16). The number of hydrogen-bond acceptors (Lipinski definition) is 3. The van der Waals surface area contributed by atoms with Gasteiger partial charge in [0.2, 0.25) is 5.95 Å². The maximum absolute atomic E-state index is 13.1. The Kier molecular flexibility index (Phi) is 2.70. The Hall–Kier alpha value is -2.37. The molecule has 0 radical (unpaired) electrons. The summed E-state index contributed by atoms with van der Waals surface area (Å²) in [6, 6.07) is 6.48. The van der Waals surface area contributed by atoms with Gasteiger partial charge in [0.25, 0.3) is 0 Å². The number of fused-ring (bicyclic) bond motifs is 1. The third-order valence-electron chi connectivity index (χ3n) is 3.10. The number of aromatic nitrogens is 4. The van der Waals surface area contributed by atoms with Crippen molar-refractivity contribution in [3.63, 3.8) is 0 Å². The first-order valence-electron chi connectivity index (χ1n) is 6.03. The van der Waals surface area contributed by atoms with Crippen molar-refractivity contribution in [3.8, 4) is 0 Å². The number of nitrogens with two attached hydrogens (primary N) is 1. The number of hydrogen-bond donors (Lipinski definition) is 1. The second kappa shape index (κ2) is 4.38. The molecule has 3 aromatic rings. The van der Waals surface area contributed by atoms with Crippen molar-refractivity contribution >= 4 is 17.0 Å². The second-order valence-electron chi connectivity index (χ2n) is 4.49. The normalized spacial score (nSPS) is 11.3. The molecule has 6 heteroatoms. The molecule has 19 heavy (non-hydrogen) atoms. The highest BCUT2D eigenvalue weighted by molar-refractivity contribution is 5.78. The molecular formula is C13H14FN5. The topological polar surface area (TPSA) is 61.7 Å². The van der Waals surface area contributed by atoms with Crippen LogP contribution in [0.3, 0.4) is 0 Å². The molecule has 0 aliphatic heterocycles. The van der Waals surface area contributed by atoms with E-state index in [1.807, 2.05) is 23.9 Å². The van der Waals surface area contributed by atoms with Crippen LogP contribution < -0.4 is 5.73 Å². The Morgan fingerprint density at radius 2 is 2.16 bits per heavy atom. The summed E-state index contributed by atoms with van der Waals surface area (Å²) in [7, 11) is 1.88. The predicted octanol–water partition coefficient (Wildman–Crippen LogP) is 1.73. The van der Waals surface area contributed by atoms with Gasteiger partial charge in [-0.25, -0.2) is 9.37 Å². The molecule has 2 heterocycles. The number of anilines is 1. The van der Waals surface area contributed by atoms with Crippen molar-refractivity contribution in [2.45, 2.75) is 13.0 Å². The largest absolute Gasteiger partial charge is 0.369 e. The molecule has 0 saturated heterocycles. The van der Waals surface area contributed by atoms with Gasteiger partial charge in [-0.15, -0.1) is 0 Å². The number of imidazole rings is 1. The van der Waals surface area contributed by atoms with E-state index in [0.717, 1.165) is 17.6 Å². The quantitative estimate of drug-likeness (QED) is 0.779. The fraction of sp³-hybridized carbons (Fsp3) is 0.231. The van der Waals surface area contributed by atoms with Crippen LogP contribution in [-0.4, -0.2) is 19.3 Å². The summed E-state index contributed by atoms with van der Waals surface area (Å²) >= 11 is 0. The maximum atomic E-state index is 13.1. The third-order valence-corrected chi connectivity index (χ3v) is 3.10. The first-order valence-corrected chi connectivity index (χ1v) is 6.03. The molecule has 2 aromatic heterocycles. The molecule has 1 aromatic carbocycles. The van der Waals surface area contributed by atoms with Gasteiger partial charge in [0.05, 0.1) is 16.7 Å². The fourth-order valence-electron chi connectivity index (χ4n) is 2.18. The van der Waals surface area contributed by atoms with E-state index in [0.29, 0.717) is 18.0 Å². The average molecular weight is 259 g/mol. The number of nitrogen functional groups attached to an aromatic ring is 1. The molecule has 5 nitrogen and oxygen atoms in total. The van der Waals surface area contributed by atoms with Gasteiger partial charge >= 0.3 is 0 Å². The van der Waals surface area contributed by atoms with Gasteiger partial charge in [0.1, 0.15) is 5.82 Å². The molecule has 3 rings (SSSR count). The minimum Gasteiger partial charge on any atom is -0.369 e. The Balaban J connectivity index is 1.90. The van der Waals surface area contributed by atoms with Gasteiger partial charge in [-0.1, -0.05) is 0 Å². The fourth-order valence-corrected chi connectivity index (χ4v) is 2.18. The van der Waals surface area contributed by atoms with Crippen LogP contribution in [0.25, 0.3) is 11.0 Å². The molecule has 0 unspecified atom stereocenters. The maximum Gasteiger partial charge on any atom is 0.201 e. The second-order valence-corrected chi connectivity index (χ2v) is 4.49. The highest BCUT2D eigenvalue weighted by Gasteiger charge is 2.09.